The maximum atomic E-state index is 4.64. The molecule has 0 aliphatic heterocycles. The van der Waals surface area contributed by atoms with E-state index in [1.165, 1.54) is 11.1 Å². The Morgan fingerprint density at radius 2 is 1.58 bits per heavy atom. The van der Waals surface area contributed by atoms with Gasteiger partial charge in [-0.05, 0) is 42.5 Å². The lowest BCUT2D eigenvalue weighted by molar-refractivity contribution is 0.647. The first-order chi connectivity index (χ1) is 9.15. The largest absolute Gasteiger partial charge is 0.253 e. The van der Waals surface area contributed by atoms with Crippen LogP contribution in [0.15, 0.2) is 59.6 Å². The van der Waals surface area contributed by atoms with Crippen LogP contribution in [-0.4, -0.2) is 5.71 Å². The van der Waals surface area contributed by atoms with Gasteiger partial charge in [0.15, 0.2) is 0 Å². The molecule has 0 saturated carbocycles. The Balaban J connectivity index is 2.16. The molecule has 0 heterocycles. The van der Waals surface area contributed by atoms with Crippen molar-refractivity contribution >= 4 is 11.4 Å². The molecule has 2 rings (SSSR count). The number of aliphatic imine (C=N–C) groups is 1. The number of benzene rings is 2. The number of para-hydroxylation sites is 1. The van der Waals surface area contributed by atoms with E-state index in [0.717, 1.165) is 17.8 Å². The molecular formula is C18H21N. The van der Waals surface area contributed by atoms with Gasteiger partial charge in [0.05, 0.1) is 5.69 Å². The molecule has 1 heteroatoms. The summed E-state index contributed by atoms with van der Waals surface area (Å²) in [6.07, 6.45) is 1.13. The molecule has 0 saturated heterocycles. The molecule has 0 fully saturated rings. The average molecular weight is 251 g/mol. The first-order valence-electron chi connectivity index (χ1n) is 6.85. The highest BCUT2D eigenvalue weighted by Crippen LogP contribution is 2.15. The lowest BCUT2D eigenvalue weighted by atomic mass is 10.0. The maximum Gasteiger partial charge on any atom is 0.0633 e. The Kier molecular flexibility index (Phi) is 4.51. The van der Waals surface area contributed by atoms with Gasteiger partial charge in [-0.1, -0.05) is 56.3 Å². The third kappa shape index (κ3) is 4.06. The van der Waals surface area contributed by atoms with Crippen molar-refractivity contribution in [1.29, 1.82) is 0 Å². The Morgan fingerprint density at radius 1 is 0.947 bits per heavy atom. The molecule has 0 amide bonds. The second-order valence-electron chi connectivity index (χ2n) is 5.33. The van der Waals surface area contributed by atoms with E-state index in [1.807, 2.05) is 30.3 Å². The highest BCUT2D eigenvalue weighted by atomic mass is 14.7. The normalized spacial score (nSPS) is 11.9. The van der Waals surface area contributed by atoms with Crippen molar-refractivity contribution in [3.63, 3.8) is 0 Å². The number of nitrogens with zero attached hydrogens (tertiary/aromatic N) is 1. The summed E-state index contributed by atoms with van der Waals surface area (Å²) < 4.78 is 0. The van der Waals surface area contributed by atoms with E-state index in [1.54, 1.807) is 0 Å². The van der Waals surface area contributed by atoms with Gasteiger partial charge in [-0.15, -0.1) is 0 Å². The van der Waals surface area contributed by atoms with Crippen molar-refractivity contribution in [2.24, 2.45) is 10.9 Å². The number of hydrogen-bond acceptors (Lipinski definition) is 1. The highest BCUT2D eigenvalue weighted by molar-refractivity contribution is 6.00. The van der Waals surface area contributed by atoms with Crippen LogP contribution in [0.2, 0.25) is 0 Å². The molecule has 98 valence electrons. The molecule has 0 unspecified atom stereocenters. The maximum absolute atomic E-state index is 4.64. The van der Waals surface area contributed by atoms with E-state index in [9.17, 15) is 0 Å². The van der Waals surface area contributed by atoms with Crippen LogP contribution in [0.3, 0.4) is 0 Å². The molecule has 0 aliphatic rings. The minimum Gasteiger partial charge on any atom is -0.253 e. The zero-order valence-corrected chi connectivity index (χ0v) is 11.9. The summed E-state index contributed by atoms with van der Waals surface area (Å²) in [4.78, 5) is 4.64. The Bertz CT molecular complexity index is 536. The van der Waals surface area contributed by atoms with Gasteiger partial charge in [0.2, 0.25) is 0 Å². The van der Waals surface area contributed by atoms with Crippen LogP contribution >= 0.6 is 0 Å². The van der Waals surface area contributed by atoms with Crippen molar-refractivity contribution in [2.45, 2.75) is 27.2 Å². The lowest BCUT2D eigenvalue weighted by Gasteiger charge is -2.06. The fraction of sp³-hybridized carbons (Fsp3) is 0.278. The van der Waals surface area contributed by atoms with Crippen LogP contribution in [0.5, 0.6) is 0 Å². The predicted molar refractivity (Wildman–Crippen MR) is 83.3 cm³/mol. The first-order valence-corrected chi connectivity index (χ1v) is 6.85. The molecule has 0 N–H and O–H groups in total. The SMILES string of the molecule is CC(=Nc1ccccc1)c1ccc(CC(C)C)cc1. The van der Waals surface area contributed by atoms with Crippen LogP contribution in [0.1, 0.15) is 31.9 Å². The Labute approximate surface area is 116 Å². The average Bonchev–Trinajstić information content (AvgIpc) is 2.40. The fourth-order valence-electron chi connectivity index (χ4n) is 2.11. The molecule has 0 radical (unpaired) electrons. The van der Waals surface area contributed by atoms with Crippen LogP contribution in [0, 0.1) is 5.92 Å². The van der Waals surface area contributed by atoms with Gasteiger partial charge in [-0.25, -0.2) is 0 Å². The minimum absolute atomic E-state index is 0.699. The number of rotatable bonds is 4. The molecule has 0 spiro atoms. The summed E-state index contributed by atoms with van der Waals surface area (Å²) in [6.45, 7) is 6.55. The molecule has 1 nitrogen and oxygen atoms in total. The van der Waals surface area contributed by atoms with Gasteiger partial charge in [0.1, 0.15) is 0 Å². The van der Waals surface area contributed by atoms with Crippen LogP contribution in [0.4, 0.5) is 5.69 Å². The molecule has 2 aromatic carbocycles. The summed E-state index contributed by atoms with van der Waals surface area (Å²) in [7, 11) is 0. The van der Waals surface area contributed by atoms with E-state index in [4.69, 9.17) is 0 Å². The number of hydrogen-bond donors (Lipinski definition) is 0. The van der Waals surface area contributed by atoms with Crippen molar-refractivity contribution < 1.29 is 0 Å². The van der Waals surface area contributed by atoms with Gasteiger partial charge in [0, 0.05) is 5.71 Å². The second-order valence-corrected chi connectivity index (χ2v) is 5.33. The summed E-state index contributed by atoms with van der Waals surface area (Å²) >= 11 is 0. The fourth-order valence-corrected chi connectivity index (χ4v) is 2.11. The second kappa shape index (κ2) is 6.33. The molecular weight excluding hydrogens is 230 g/mol. The van der Waals surface area contributed by atoms with E-state index >= 15 is 0 Å². The summed E-state index contributed by atoms with van der Waals surface area (Å²) in [5.74, 6) is 0.699. The van der Waals surface area contributed by atoms with Gasteiger partial charge in [0.25, 0.3) is 0 Å². The lowest BCUT2D eigenvalue weighted by Crippen LogP contribution is -1.97. The van der Waals surface area contributed by atoms with Crippen molar-refractivity contribution in [1.82, 2.24) is 0 Å². The third-order valence-corrected chi connectivity index (χ3v) is 3.07. The molecule has 0 bridgehead atoms. The zero-order valence-electron chi connectivity index (χ0n) is 11.9. The Hall–Kier alpha value is -1.89. The molecule has 0 aliphatic carbocycles. The van der Waals surface area contributed by atoms with Crippen molar-refractivity contribution in [3.05, 3.63) is 65.7 Å². The van der Waals surface area contributed by atoms with Gasteiger partial charge >= 0.3 is 0 Å². The summed E-state index contributed by atoms with van der Waals surface area (Å²) in [5, 5.41) is 0. The smallest absolute Gasteiger partial charge is 0.0633 e. The summed E-state index contributed by atoms with van der Waals surface area (Å²) in [5.41, 5.74) is 4.65. The monoisotopic (exact) mass is 251 g/mol. The first kappa shape index (κ1) is 13.5. The van der Waals surface area contributed by atoms with Crippen LogP contribution in [0.25, 0.3) is 0 Å². The molecule has 0 atom stereocenters. The van der Waals surface area contributed by atoms with Crippen LogP contribution < -0.4 is 0 Å². The van der Waals surface area contributed by atoms with Gasteiger partial charge < -0.3 is 0 Å². The molecule has 2 aromatic rings. The topological polar surface area (TPSA) is 12.4 Å². The van der Waals surface area contributed by atoms with Crippen molar-refractivity contribution in [3.8, 4) is 0 Å². The van der Waals surface area contributed by atoms with Gasteiger partial charge in [-0.3, -0.25) is 4.99 Å². The zero-order chi connectivity index (χ0) is 13.7. The Morgan fingerprint density at radius 3 is 2.16 bits per heavy atom. The van der Waals surface area contributed by atoms with Crippen molar-refractivity contribution in [2.75, 3.05) is 0 Å². The van der Waals surface area contributed by atoms with Crippen LogP contribution in [-0.2, 0) is 6.42 Å². The quantitative estimate of drug-likeness (QED) is 0.676. The third-order valence-electron chi connectivity index (χ3n) is 3.07. The molecule has 19 heavy (non-hydrogen) atoms. The van der Waals surface area contributed by atoms with E-state index < -0.39 is 0 Å². The van der Waals surface area contributed by atoms with E-state index in [2.05, 4.69) is 50.0 Å². The predicted octanol–water partition coefficient (Wildman–Crippen LogP) is 5.03. The van der Waals surface area contributed by atoms with E-state index in [0.29, 0.717) is 5.92 Å². The summed E-state index contributed by atoms with van der Waals surface area (Å²) in [6, 6.07) is 18.8. The van der Waals surface area contributed by atoms with Gasteiger partial charge in [-0.2, -0.15) is 0 Å². The standard InChI is InChI=1S/C18H21N/c1-14(2)13-16-9-11-17(12-10-16)15(3)19-18-7-5-4-6-8-18/h4-12,14H,13H2,1-3H3. The minimum atomic E-state index is 0.699. The highest BCUT2D eigenvalue weighted by Gasteiger charge is 2.00. The molecule has 0 aromatic heterocycles. The van der Waals surface area contributed by atoms with E-state index in [-0.39, 0.29) is 0 Å².